The second kappa shape index (κ2) is 10.9. The van der Waals surface area contributed by atoms with Crippen molar-refractivity contribution in [2.45, 2.75) is 31.6 Å². The van der Waals surface area contributed by atoms with Crippen molar-refractivity contribution >= 4 is 42.4 Å². The average molecular weight is 502 g/mol. The minimum Gasteiger partial charge on any atom is -0.379 e. The van der Waals surface area contributed by atoms with Gasteiger partial charge in [-0.2, -0.15) is 0 Å². The number of aromatic nitrogens is 1. The second-order valence-electron chi connectivity index (χ2n) is 8.35. The van der Waals surface area contributed by atoms with Crippen LogP contribution in [0, 0.1) is 0 Å². The van der Waals surface area contributed by atoms with Gasteiger partial charge in [0.25, 0.3) is 5.91 Å². The van der Waals surface area contributed by atoms with Crippen molar-refractivity contribution in [3.05, 3.63) is 53.6 Å². The number of anilines is 1. The van der Waals surface area contributed by atoms with E-state index in [0.717, 1.165) is 55.9 Å². The largest absolute Gasteiger partial charge is 0.379 e. The fourth-order valence-corrected chi connectivity index (χ4v) is 5.98. The molecule has 2 heterocycles. The van der Waals surface area contributed by atoms with Crippen LogP contribution in [0.1, 0.15) is 36.2 Å². The first kappa shape index (κ1) is 24.8. The van der Waals surface area contributed by atoms with Crippen LogP contribution < -0.4 is 4.90 Å². The molecule has 2 aromatic carbocycles. The SMILES string of the molecule is CCc1ccc2nc(N(CCCN3CCOCC3)C(=O)c3cccc(S(=O)(=O)CC)c3)sc2c1. The smallest absolute Gasteiger partial charge is 0.260 e. The monoisotopic (exact) mass is 501 g/mol. The van der Waals surface area contributed by atoms with Crippen LogP contribution in [0.3, 0.4) is 0 Å². The van der Waals surface area contributed by atoms with Crippen LogP contribution in [-0.2, 0) is 21.0 Å². The molecule has 1 aromatic heterocycles. The maximum absolute atomic E-state index is 13.7. The van der Waals surface area contributed by atoms with E-state index in [-0.39, 0.29) is 16.6 Å². The summed E-state index contributed by atoms with van der Waals surface area (Å²) in [6, 6.07) is 12.5. The number of sulfone groups is 1. The molecule has 0 saturated carbocycles. The number of morpholine rings is 1. The van der Waals surface area contributed by atoms with E-state index in [1.54, 1.807) is 30.0 Å². The van der Waals surface area contributed by atoms with Gasteiger partial charge in [-0.1, -0.05) is 37.3 Å². The fourth-order valence-electron chi connectivity index (χ4n) is 4.00. The van der Waals surface area contributed by atoms with Crippen LogP contribution in [0.2, 0.25) is 0 Å². The van der Waals surface area contributed by atoms with Crippen LogP contribution in [0.4, 0.5) is 5.13 Å². The van der Waals surface area contributed by atoms with Gasteiger partial charge < -0.3 is 4.74 Å². The molecule has 1 fully saturated rings. The Morgan fingerprint density at radius 3 is 2.68 bits per heavy atom. The molecule has 0 unspecified atom stereocenters. The van der Waals surface area contributed by atoms with Crippen molar-refractivity contribution in [1.82, 2.24) is 9.88 Å². The first-order chi connectivity index (χ1) is 16.4. The molecule has 0 radical (unpaired) electrons. The Balaban J connectivity index is 1.63. The Hall–Kier alpha value is -2.33. The highest BCUT2D eigenvalue weighted by Gasteiger charge is 2.23. The predicted molar refractivity (Wildman–Crippen MR) is 137 cm³/mol. The first-order valence-corrected chi connectivity index (χ1v) is 14.2. The Morgan fingerprint density at radius 2 is 1.94 bits per heavy atom. The van der Waals surface area contributed by atoms with Gasteiger partial charge in [-0.3, -0.25) is 14.6 Å². The van der Waals surface area contributed by atoms with E-state index in [0.29, 0.717) is 17.2 Å². The normalized spacial score (nSPS) is 15.0. The number of ether oxygens (including phenoxy) is 1. The van der Waals surface area contributed by atoms with Gasteiger partial charge in [-0.15, -0.1) is 0 Å². The highest BCUT2D eigenvalue weighted by molar-refractivity contribution is 7.91. The van der Waals surface area contributed by atoms with E-state index < -0.39 is 9.84 Å². The number of carbonyl (C=O) groups is 1. The van der Waals surface area contributed by atoms with Crippen molar-refractivity contribution in [3.8, 4) is 0 Å². The van der Waals surface area contributed by atoms with Gasteiger partial charge in [0.1, 0.15) is 0 Å². The number of benzene rings is 2. The molecule has 7 nitrogen and oxygen atoms in total. The third-order valence-electron chi connectivity index (χ3n) is 6.11. The van der Waals surface area contributed by atoms with Crippen molar-refractivity contribution in [1.29, 1.82) is 0 Å². The molecule has 0 spiro atoms. The van der Waals surface area contributed by atoms with Crippen molar-refractivity contribution in [3.63, 3.8) is 0 Å². The van der Waals surface area contributed by atoms with Gasteiger partial charge in [0.05, 0.1) is 34.1 Å². The highest BCUT2D eigenvalue weighted by Crippen LogP contribution is 2.31. The highest BCUT2D eigenvalue weighted by atomic mass is 32.2. The number of rotatable bonds is 9. The summed E-state index contributed by atoms with van der Waals surface area (Å²) >= 11 is 1.50. The quantitative estimate of drug-likeness (QED) is 0.441. The van der Waals surface area contributed by atoms with E-state index in [4.69, 9.17) is 9.72 Å². The molecule has 3 aromatic rings. The van der Waals surface area contributed by atoms with E-state index in [2.05, 4.69) is 24.0 Å². The Kier molecular flexibility index (Phi) is 7.98. The number of thiazole rings is 1. The van der Waals surface area contributed by atoms with Crippen LogP contribution in [0.25, 0.3) is 10.2 Å². The molecule has 0 aliphatic carbocycles. The predicted octanol–water partition coefficient (Wildman–Crippen LogP) is 4.02. The second-order valence-corrected chi connectivity index (χ2v) is 11.6. The van der Waals surface area contributed by atoms with Gasteiger partial charge in [-0.05, 0) is 48.7 Å². The molecule has 0 atom stereocenters. The van der Waals surface area contributed by atoms with Crippen LogP contribution in [0.5, 0.6) is 0 Å². The van der Waals surface area contributed by atoms with Gasteiger partial charge in [-0.25, -0.2) is 13.4 Å². The van der Waals surface area contributed by atoms with E-state index in [1.165, 1.54) is 23.0 Å². The minimum atomic E-state index is -3.41. The number of hydrogen-bond acceptors (Lipinski definition) is 7. The third-order valence-corrected chi connectivity index (χ3v) is 8.88. The maximum Gasteiger partial charge on any atom is 0.260 e. The lowest BCUT2D eigenvalue weighted by molar-refractivity contribution is 0.0376. The summed E-state index contributed by atoms with van der Waals surface area (Å²) in [5.74, 6) is -0.240. The fraction of sp³-hybridized carbons (Fsp3) is 0.440. The van der Waals surface area contributed by atoms with Gasteiger partial charge >= 0.3 is 0 Å². The molecule has 1 saturated heterocycles. The molecule has 0 bridgehead atoms. The van der Waals surface area contributed by atoms with Crippen LogP contribution in [0.15, 0.2) is 47.4 Å². The van der Waals surface area contributed by atoms with Gasteiger partial charge in [0.15, 0.2) is 15.0 Å². The topological polar surface area (TPSA) is 79.8 Å². The molecule has 9 heteroatoms. The summed E-state index contributed by atoms with van der Waals surface area (Å²) in [6.45, 7) is 8.34. The van der Waals surface area contributed by atoms with E-state index in [1.807, 2.05) is 6.07 Å². The molecule has 0 N–H and O–H groups in total. The lowest BCUT2D eigenvalue weighted by Crippen LogP contribution is -2.39. The van der Waals surface area contributed by atoms with E-state index in [9.17, 15) is 13.2 Å². The summed E-state index contributed by atoms with van der Waals surface area (Å²) in [6.07, 6.45) is 1.72. The van der Waals surface area contributed by atoms with Crippen molar-refractivity contribution in [2.24, 2.45) is 0 Å². The van der Waals surface area contributed by atoms with Crippen molar-refractivity contribution in [2.75, 3.05) is 50.0 Å². The standard InChI is InChI=1S/C25H31N3O4S2/c1-3-19-9-10-22-23(17-19)33-25(26-22)28(12-6-11-27-13-15-32-16-14-27)24(29)20-7-5-8-21(18-20)34(30,31)4-2/h5,7-10,17-18H,3-4,6,11-16H2,1-2H3. The molecule has 34 heavy (non-hydrogen) atoms. The Labute approximate surface area is 205 Å². The molecular weight excluding hydrogens is 470 g/mol. The minimum absolute atomic E-state index is 0.00839. The molecular formula is C25H31N3O4S2. The Bertz CT molecular complexity index is 1250. The average Bonchev–Trinajstić information content (AvgIpc) is 3.29. The first-order valence-electron chi connectivity index (χ1n) is 11.8. The van der Waals surface area contributed by atoms with E-state index >= 15 is 0 Å². The van der Waals surface area contributed by atoms with Crippen molar-refractivity contribution < 1.29 is 17.9 Å². The third kappa shape index (κ3) is 5.66. The molecule has 1 amide bonds. The summed E-state index contributed by atoms with van der Waals surface area (Å²) in [5.41, 5.74) is 2.45. The molecule has 1 aliphatic heterocycles. The zero-order valence-electron chi connectivity index (χ0n) is 19.7. The number of aryl methyl sites for hydroxylation is 1. The Morgan fingerprint density at radius 1 is 1.15 bits per heavy atom. The van der Waals surface area contributed by atoms with Crippen LogP contribution >= 0.6 is 11.3 Å². The number of fused-ring (bicyclic) bond motifs is 1. The number of carbonyl (C=O) groups excluding carboxylic acids is 1. The zero-order chi connectivity index (χ0) is 24.1. The molecule has 182 valence electrons. The summed E-state index contributed by atoms with van der Waals surface area (Å²) in [5, 5.41) is 0.638. The zero-order valence-corrected chi connectivity index (χ0v) is 21.3. The van der Waals surface area contributed by atoms with Gasteiger partial charge in [0, 0.05) is 31.7 Å². The summed E-state index contributed by atoms with van der Waals surface area (Å²) in [4.78, 5) is 22.6. The molecule has 1 aliphatic rings. The summed E-state index contributed by atoms with van der Waals surface area (Å²) in [7, 11) is -3.41. The number of hydrogen-bond donors (Lipinski definition) is 0. The van der Waals surface area contributed by atoms with Crippen LogP contribution in [-0.4, -0.2) is 69.4 Å². The summed E-state index contributed by atoms with van der Waals surface area (Å²) < 4.78 is 31.3. The number of nitrogens with zero attached hydrogens (tertiary/aromatic N) is 3. The maximum atomic E-state index is 13.7. The molecule has 4 rings (SSSR count). The lowest BCUT2D eigenvalue weighted by atomic mass is 10.2. The van der Waals surface area contributed by atoms with Gasteiger partial charge in [0.2, 0.25) is 0 Å². The lowest BCUT2D eigenvalue weighted by Gasteiger charge is -2.27. The number of amides is 1.